The molecule has 0 unspecified atom stereocenters. The van der Waals surface area contributed by atoms with Crippen molar-refractivity contribution in [3.05, 3.63) is 60.2 Å². The molecule has 1 heterocycles. The summed E-state index contributed by atoms with van der Waals surface area (Å²) >= 11 is 0. The van der Waals surface area contributed by atoms with Gasteiger partial charge in [-0.15, -0.1) is 0 Å². The number of ether oxygens (including phenoxy) is 1. The van der Waals surface area contributed by atoms with Gasteiger partial charge in [0.15, 0.2) is 17.7 Å². The summed E-state index contributed by atoms with van der Waals surface area (Å²) in [7, 11) is 0. The number of carbonyl (C=O) groups excluding carboxylic acids is 1. The topological polar surface area (TPSA) is 32.8 Å². The van der Waals surface area contributed by atoms with Crippen molar-refractivity contribution in [1.29, 1.82) is 0 Å². The average Bonchev–Trinajstić information content (AvgIpc) is 2.67. The smallest absolute Gasteiger partial charge is 0.263 e. The first-order chi connectivity index (χ1) is 12.6. The Morgan fingerprint density at radius 1 is 1.00 bits per heavy atom. The first kappa shape index (κ1) is 18.2. The van der Waals surface area contributed by atoms with Gasteiger partial charge in [-0.25, -0.2) is 8.78 Å². The van der Waals surface area contributed by atoms with Crippen molar-refractivity contribution in [3.8, 4) is 5.75 Å². The van der Waals surface area contributed by atoms with E-state index in [9.17, 15) is 13.6 Å². The fourth-order valence-corrected chi connectivity index (χ4v) is 3.08. The van der Waals surface area contributed by atoms with Gasteiger partial charge >= 0.3 is 0 Å². The van der Waals surface area contributed by atoms with Crippen LogP contribution in [0.4, 0.5) is 14.5 Å². The monoisotopic (exact) mass is 360 g/mol. The molecule has 0 radical (unpaired) electrons. The van der Waals surface area contributed by atoms with Crippen molar-refractivity contribution in [2.75, 3.05) is 31.1 Å². The van der Waals surface area contributed by atoms with Crippen LogP contribution in [0.5, 0.6) is 5.75 Å². The Kier molecular flexibility index (Phi) is 5.71. The van der Waals surface area contributed by atoms with Gasteiger partial charge in [-0.05, 0) is 30.7 Å². The first-order valence-corrected chi connectivity index (χ1v) is 8.79. The Morgan fingerprint density at radius 2 is 1.62 bits per heavy atom. The number of hydrogen-bond donors (Lipinski definition) is 0. The molecule has 2 aromatic rings. The molecule has 138 valence electrons. The summed E-state index contributed by atoms with van der Waals surface area (Å²) in [6.45, 7) is 3.87. The van der Waals surface area contributed by atoms with Crippen LogP contribution in [0, 0.1) is 11.6 Å². The zero-order chi connectivity index (χ0) is 18.5. The Labute approximate surface area is 152 Å². The molecular weight excluding hydrogens is 338 g/mol. The van der Waals surface area contributed by atoms with Crippen molar-refractivity contribution in [3.63, 3.8) is 0 Å². The molecule has 0 aliphatic carbocycles. The minimum atomic E-state index is -0.730. The number of nitrogens with zero attached hydrogens (tertiary/aromatic N) is 2. The molecule has 0 N–H and O–H groups in total. The second-order valence-corrected chi connectivity index (χ2v) is 6.21. The van der Waals surface area contributed by atoms with Gasteiger partial charge in [0.25, 0.3) is 5.91 Å². The van der Waals surface area contributed by atoms with Crippen LogP contribution < -0.4 is 9.64 Å². The molecule has 1 aliphatic heterocycles. The second kappa shape index (κ2) is 8.17. The number of carbonyl (C=O) groups is 1. The second-order valence-electron chi connectivity index (χ2n) is 6.21. The number of rotatable bonds is 5. The van der Waals surface area contributed by atoms with Gasteiger partial charge in [0.05, 0.1) is 5.69 Å². The third-order valence-corrected chi connectivity index (χ3v) is 4.54. The van der Waals surface area contributed by atoms with Gasteiger partial charge in [-0.2, -0.15) is 0 Å². The molecule has 0 spiro atoms. The molecule has 6 heteroatoms. The van der Waals surface area contributed by atoms with Gasteiger partial charge in [0.1, 0.15) is 5.82 Å². The van der Waals surface area contributed by atoms with Crippen LogP contribution >= 0.6 is 0 Å². The highest BCUT2D eigenvalue weighted by molar-refractivity contribution is 5.81. The van der Waals surface area contributed by atoms with Crippen LogP contribution in [0.25, 0.3) is 0 Å². The SMILES string of the molecule is CC[C@@H](Oc1ccccc1F)C(=O)N1CCN(c2ccccc2F)CC1. The number of para-hydroxylation sites is 2. The van der Waals surface area contributed by atoms with Crippen LogP contribution in [0.1, 0.15) is 13.3 Å². The van der Waals surface area contributed by atoms with Crippen molar-refractivity contribution >= 4 is 11.6 Å². The highest BCUT2D eigenvalue weighted by Crippen LogP contribution is 2.22. The number of halogens is 2. The van der Waals surface area contributed by atoms with Crippen LogP contribution in [0.15, 0.2) is 48.5 Å². The fraction of sp³-hybridized carbons (Fsp3) is 0.350. The molecule has 3 rings (SSSR count). The van der Waals surface area contributed by atoms with E-state index in [2.05, 4.69) is 0 Å². The highest BCUT2D eigenvalue weighted by Gasteiger charge is 2.29. The van der Waals surface area contributed by atoms with Gasteiger partial charge in [-0.1, -0.05) is 31.2 Å². The summed E-state index contributed by atoms with van der Waals surface area (Å²) in [4.78, 5) is 16.4. The van der Waals surface area contributed by atoms with E-state index in [0.717, 1.165) is 0 Å². The van der Waals surface area contributed by atoms with E-state index in [-0.39, 0.29) is 17.5 Å². The molecule has 1 amide bonds. The Hall–Kier alpha value is -2.63. The Bertz CT molecular complexity index is 761. The van der Waals surface area contributed by atoms with E-state index in [4.69, 9.17) is 4.74 Å². The lowest BCUT2D eigenvalue weighted by Gasteiger charge is -2.37. The number of amides is 1. The maximum Gasteiger partial charge on any atom is 0.263 e. The van der Waals surface area contributed by atoms with Crippen molar-refractivity contribution in [2.24, 2.45) is 0 Å². The zero-order valence-corrected chi connectivity index (χ0v) is 14.7. The van der Waals surface area contributed by atoms with Crippen molar-refractivity contribution in [1.82, 2.24) is 4.90 Å². The lowest BCUT2D eigenvalue weighted by atomic mass is 10.2. The van der Waals surface area contributed by atoms with Crippen LogP contribution in [-0.2, 0) is 4.79 Å². The minimum absolute atomic E-state index is 0.0812. The molecule has 0 bridgehead atoms. The van der Waals surface area contributed by atoms with Crippen molar-refractivity contribution < 1.29 is 18.3 Å². The molecule has 1 aliphatic rings. The normalized spacial score (nSPS) is 15.7. The van der Waals surface area contributed by atoms with Crippen LogP contribution in [0.3, 0.4) is 0 Å². The lowest BCUT2D eigenvalue weighted by Crippen LogP contribution is -2.52. The summed E-state index contributed by atoms with van der Waals surface area (Å²) < 4.78 is 33.3. The van der Waals surface area contributed by atoms with E-state index in [0.29, 0.717) is 38.3 Å². The number of benzene rings is 2. The predicted octanol–water partition coefficient (Wildman–Crippen LogP) is 3.47. The molecule has 1 saturated heterocycles. The first-order valence-electron chi connectivity index (χ1n) is 8.79. The van der Waals surface area contributed by atoms with Crippen LogP contribution in [0.2, 0.25) is 0 Å². The number of anilines is 1. The molecular formula is C20H22F2N2O2. The zero-order valence-electron chi connectivity index (χ0n) is 14.7. The molecule has 26 heavy (non-hydrogen) atoms. The Morgan fingerprint density at radius 3 is 2.23 bits per heavy atom. The van der Waals surface area contributed by atoms with E-state index < -0.39 is 11.9 Å². The maximum atomic E-state index is 13.9. The summed E-state index contributed by atoms with van der Waals surface area (Å²) in [6.07, 6.45) is -0.285. The molecule has 0 saturated carbocycles. The van der Waals surface area contributed by atoms with Gasteiger partial charge in [-0.3, -0.25) is 4.79 Å². The summed E-state index contributed by atoms with van der Waals surface area (Å²) in [5.41, 5.74) is 0.550. The van der Waals surface area contributed by atoms with Gasteiger partial charge in [0, 0.05) is 26.2 Å². The highest BCUT2D eigenvalue weighted by atomic mass is 19.1. The third kappa shape index (κ3) is 3.95. The number of piperazine rings is 1. The van der Waals surface area contributed by atoms with Gasteiger partial charge < -0.3 is 14.5 Å². The third-order valence-electron chi connectivity index (χ3n) is 4.54. The quantitative estimate of drug-likeness (QED) is 0.819. The largest absolute Gasteiger partial charge is 0.478 e. The molecule has 1 atom stereocenters. The van der Waals surface area contributed by atoms with E-state index in [1.807, 2.05) is 11.8 Å². The fourth-order valence-electron chi connectivity index (χ4n) is 3.08. The summed E-state index contributed by atoms with van der Waals surface area (Å²) in [6, 6.07) is 12.7. The number of hydrogen-bond acceptors (Lipinski definition) is 3. The van der Waals surface area contributed by atoms with E-state index in [1.165, 1.54) is 18.2 Å². The lowest BCUT2D eigenvalue weighted by molar-refractivity contribution is -0.139. The molecule has 4 nitrogen and oxygen atoms in total. The molecule has 1 fully saturated rings. The van der Waals surface area contributed by atoms with Gasteiger partial charge in [0.2, 0.25) is 0 Å². The maximum absolute atomic E-state index is 13.9. The van der Waals surface area contributed by atoms with Crippen LogP contribution in [-0.4, -0.2) is 43.1 Å². The summed E-state index contributed by atoms with van der Waals surface area (Å²) in [5.74, 6) is -0.827. The Balaban J connectivity index is 1.62. The average molecular weight is 360 g/mol. The minimum Gasteiger partial charge on any atom is -0.478 e. The molecule has 2 aromatic carbocycles. The van der Waals surface area contributed by atoms with E-state index in [1.54, 1.807) is 35.2 Å². The van der Waals surface area contributed by atoms with E-state index >= 15 is 0 Å². The van der Waals surface area contributed by atoms with Crippen molar-refractivity contribution in [2.45, 2.75) is 19.4 Å². The standard InChI is InChI=1S/C20H22F2N2O2/c1-2-18(26-19-10-6-4-8-16(19)22)20(25)24-13-11-23(12-14-24)17-9-5-3-7-15(17)21/h3-10,18H,2,11-14H2,1H3/t18-/m1/s1. The molecule has 0 aromatic heterocycles. The summed E-state index contributed by atoms with van der Waals surface area (Å²) in [5, 5.41) is 0. The predicted molar refractivity (Wildman–Crippen MR) is 96.3 cm³/mol.